The van der Waals surface area contributed by atoms with Crippen molar-refractivity contribution >= 4 is 15.7 Å². The van der Waals surface area contributed by atoms with E-state index in [1.807, 2.05) is 0 Å². The molecular weight excluding hydrogens is 344 g/mol. The number of nitrogens with zero attached hydrogens (tertiary/aromatic N) is 1. The van der Waals surface area contributed by atoms with E-state index in [4.69, 9.17) is 0 Å². The van der Waals surface area contributed by atoms with Crippen LogP contribution in [0.1, 0.15) is 6.42 Å². The second kappa shape index (κ2) is 8.59. The molecule has 1 atom stereocenters. The first kappa shape index (κ1) is 18.9. The van der Waals surface area contributed by atoms with Gasteiger partial charge in [0.15, 0.2) is 9.84 Å². The Labute approximate surface area is 145 Å². The largest absolute Gasteiger partial charge is 0.389 e. The maximum absolute atomic E-state index is 12.1. The normalized spacial score (nSPS) is 12.5. The molecule has 0 bridgehead atoms. The van der Waals surface area contributed by atoms with Crippen LogP contribution in [0.15, 0.2) is 64.4 Å². The van der Waals surface area contributed by atoms with Gasteiger partial charge in [-0.3, -0.25) is 9.59 Å². The average Bonchev–Trinajstić information content (AvgIpc) is 2.61. The van der Waals surface area contributed by atoms with Crippen LogP contribution < -0.4 is 10.9 Å². The molecule has 7 nitrogen and oxygen atoms in total. The molecule has 0 saturated carbocycles. The monoisotopic (exact) mass is 364 g/mol. The fourth-order valence-electron chi connectivity index (χ4n) is 2.20. The summed E-state index contributed by atoms with van der Waals surface area (Å²) in [5, 5.41) is 12.4. The van der Waals surface area contributed by atoms with Crippen LogP contribution in [0.5, 0.6) is 0 Å². The molecule has 134 valence electrons. The molecule has 2 N–H and O–H groups in total. The predicted molar refractivity (Wildman–Crippen MR) is 92.8 cm³/mol. The van der Waals surface area contributed by atoms with Gasteiger partial charge in [-0.2, -0.15) is 0 Å². The number of amides is 1. The van der Waals surface area contributed by atoms with Crippen LogP contribution in [-0.2, 0) is 21.2 Å². The lowest BCUT2D eigenvalue weighted by Gasteiger charge is -2.13. The second-order valence-electron chi connectivity index (χ2n) is 5.53. The van der Waals surface area contributed by atoms with Gasteiger partial charge in [-0.05, 0) is 18.2 Å². The fraction of sp³-hybridized carbons (Fsp3) is 0.294. The number of sulfone groups is 1. The lowest BCUT2D eigenvalue weighted by atomic mass is 10.3. The predicted octanol–water partition coefficient (Wildman–Crippen LogP) is 0.189. The van der Waals surface area contributed by atoms with E-state index in [0.29, 0.717) is 0 Å². The lowest BCUT2D eigenvalue weighted by molar-refractivity contribution is -0.121. The van der Waals surface area contributed by atoms with E-state index < -0.39 is 21.8 Å². The van der Waals surface area contributed by atoms with E-state index in [1.54, 1.807) is 36.5 Å². The summed E-state index contributed by atoms with van der Waals surface area (Å²) >= 11 is 0. The minimum atomic E-state index is -3.52. The summed E-state index contributed by atoms with van der Waals surface area (Å²) in [5.74, 6) is -0.782. The molecule has 0 spiro atoms. The summed E-state index contributed by atoms with van der Waals surface area (Å²) in [6, 6.07) is 12.6. The minimum Gasteiger partial charge on any atom is -0.389 e. The van der Waals surface area contributed by atoms with E-state index in [1.165, 1.54) is 22.8 Å². The number of nitrogens with one attached hydrogen (secondary N) is 1. The Morgan fingerprint density at radius 3 is 2.48 bits per heavy atom. The molecule has 0 aliphatic heterocycles. The molecule has 1 heterocycles. The maximum Gasteiger partial charge on any atom is 0.250 e. The quantitative estimate of drug-likeness (QED) is 0.696. The molecule has 0 aliphatic carbocycles. The molecule has 0 fully saturated rings. The van der Waals surface area contributed by atoms with Gasteiger partial charge in [0.05, 0.1) is 23.3 Å². The van der Waals surface area contributed by atoms with E-state index >= 15 is 0 Å². The van der Waals surface area contributed by atoms with Crippen molar-refractivity contribution in [1.29, 1.82) is 0 Å². The number of aliphatic hydroxyl groups is 1. The third-order valence-electron chi connectivity index (χ3n) is 3.54. The van der Waals surface area contributed by atoms with Gasteiger partial charge in [-0.25, -0.2) is 8.42 Å². The highest BCUT2D eigenvalue weighted by Gasteiger charge is 2.16. The minimum absolute atomic E-state index is 0.0439. The van der Waals surface area contributed by atoms with Gasteiger partial charge in [0.1, 0.15) is 0 Å². The molecule has 0 unspecified atom stereocenters. The number of aliphatic hydroxyl groups excluding tert-OH is 1. The molecule has 2 rings (SSSR count). The molecular formula is C17H20N2O5S. The van der Waals surface area contributed by atoms with Gasteiger partial charge in [0.25, 0.3) is 5.56 Å². The molecule has 2 aromatic rings. The Bertz CT molecular complexity index is 862. The molecule has 1 amide bonds. The molecule has 0 radical (unpaired) electrons. The maximum atomic E-state index is 12.1. The van der Waals surface area contributed by atoms with Crippen molar-refractivity contribution in [3.63, 3.8) is 0 Å². The third-order valence-corrected chi connectivity index (χ3v) is 5.27. The van der Waals surface area contributed by atoms with E-state index in [2.05, 4.69) is 5.32 Å². The summed E-state index contributed by atoms with van der Waals surface area (Å²) in [4.78, 5) is 23.5. The van der Waals surface area contributed by atoms with E-state index in [0.717, 1.165) is 0 Å². The van der Waals surface area contributed by atoms with Crippen LogP contribution in [0.4, 0.5) is 0 Å². The molecule has 25 heavy (non-hydrogen) atoms. The standard InChI is InChI=1S/C17H20N2O5S/c20-14(13-19-10-5-4-8-17(19)22)12-18-16(21)9-11-25(23,24)15-6-2-1-3-7-15/h1-8,10,14,20H,9,11-13H2,(H,18,21)/t14-/m0/s1. The third kappa shape index (κ3) is 5.84. The highest BCUT2D eigenvalue weighted by Crippen LogP contribution is 2.10. The highest BCUT2D eigenvalue weighted by molar-refractivity contribution is 7.91. The van der Waals surface area contributed by atoms with Crippen molar-refractivity contribution in [3.8, 4) is 0 Å². The van der Waals surface area contributed by atoms with Gasteiger partial charge < -0.3 is 15.0 Å². The van der Waals surface area contributed by atoms with E-state index in [-0.39, 0.29) is 35.7 Å². The van der Waals surface area contributed by atoms with Crippen LogP contribution in [0.25, 0.3) is 0 Å². The Morgan fingerprint density at radius 2 is 1.80 bits per heavy atom. The Balaban J connectivity index is 1.79. The van der Waals surface area contributed by atoms with Crippen molar-refractivity contribution in [2.75, 3.05) is 12.3 Å². The number of rotatable bonds is 8. The van der Waals surface area contributed by atoms with Crippen LogP contribution >= 0.6 is 0 Å². The Hall–Kier alpha value is -2.45. The van der Waals surface area contributed by atoms with E-state index in [9.17, 15) is 23.1 Å². The first-order valence-electron chi connectivity index (χ1n) is 7.76. The van der Waals surface area contributed by atoms with Gasteiger partial charge in [-0.1, -0.05) is 24.3 Å². The molecule has 1 aromatic heterocycles. The smallest absolute Gasteiger partial charge is 0.250 e. The summed E-state index contributed by atoms with van der Waals surface area (Å²) in [6.07, 6.45) is 0.393. The number of benzene rings is 1. The van der Waals surface area contributed by atoms with Crippen molar-refractivity contribution in [1.82, 2.24) is 9.88 Å². The summed E-state index contributed by atoms with van der Waals surface area (Å²) in [6.45, 7) is -0.0200. The summed E-state index contributed by atoms with van der Waals surface area (Å²) < 4.78 is 25.5. The Kier molecular flexibility index (Phi) is 6.49. The second-order valence-corrected chi connectivity index (χ2v) is 7.64. The number of aromatic nitrogens is 1. The van der Waals surface area contributed by atoms with Crippen LogP contribution in [-0.4, -0.2) is 42.4 Å². The van der Waals surface area contributed by atoms with Gasteiger partial charge >= 0.3 is 0 Å². The fourth-order valence-corrected chi connectivity index (χ4v) is 3.46. The summed E-state index contributed by atoms with van der Waals surface area (Å²) in [5.41, 5.74) is -0.248. The number of carbonyl (C=O) groups excluding carboxylic acids is 1. The van der Waals surface area contributed by atoms with Crippen LogP contribution in [0, 0.1) is 0 Å². The molecule has 0 aliphatic rings. The van der Waals surface area contributed by atoms with Crippen molar-refractivity contribution in [2.45, 2.75) is 24.0 Å². The van der Waals surface area contributed by atoms with Crippen LogP contribution in [0.2, 0.25) is 0 Å². The number of hydrogen-bond acceptors (Lipinski definition) is 5. The zero-order chi connectivity index (χ0) is 18.3. The Morgan fingerprint density at radius 1 is 1.12 bits per heavy atom. The zero-order valence-corrected chi connectivity index (χ0v) is 14.4. The average molecular weight is 364 g/mol. The zero-order valence-electron chi connectivity index (χ0n) is 13.5. The molecule has 1 aromatic carbocycles. The van der Waals surface area contributed by atoms with Crippen molar-refractivity contribution < 1.29 is 18.3 Å². The molecule has 8 heteroatoms. The number of pyridine rings is 1. The van der Waals surface area contributed by atoms with Crippen molar-refractivity contribution in [3.05, 3.63) is 65.1 Å². The van der Waals surface area contributed by atoms with Gasteiger partial charge in [0, 0.05) is 25.2 Å². The number of hydrogen-bond donors (Lipinski definition) is 2. The van der Waals surface area contributed by atoms with Crippen molar-refractivity contribution in [2.24, 2.45) is 0 Å². The van der Waals surface area contributed by atoms with Gasteiger partial charge in [-0.15, -0.1) is 0 Å². The first-order chi connectivity index (χ1) is 11.9. The van der Waals surface area contributed by atoms with Gasteiger partial charge in [0.2, 0.25) is 5.91 Å². The first-order valence-corrected chi connectivity index (χ1v) is 9.42. The summed E-state index contributed by atoms with van der Waals surface area (Å²) in [7, 11) is -3.52. The topological polar surface area (TPSA) is 105 Å². The highest BCUT2D eigenvalue weighted by atomic mass is 32.2. The number of carbonyl (C=O) groups is 1. The van der Waals surface area contributed by atoms with Crippen LogP contribution in [0.3, 0.4) is 0 Å². The lowest BCUT2D eigenvalue weighted by Crippen LogP contribution is -2.36. The molecule has 0 saturated heterocycles. The SMILES string of the molecule is O=C(CCS(=O)(=O)c1ccccc1)NC[C@H](O)Cn1ccccc1=O.